The van der Waals surface area contributed by atoms with Gasteiger partial charge in [0, 0.05) is 10.4 Å². The number of hydrogen-bond donors (Lipinski definition) is 1. The third-order valence-electron chi connectivity index (χ3n) is 3.66. The smallest absolute Gasteiger partial charge is 0.416 e. The number of thiophene rings is 1. The molecule has 28 heavy (non-hydrogen) atoms. The molecule has 0 aliphatic heterocycles. The zero-order valence-electron chi connectivity index (χ0n) is 14.3. The summed E-state index contributed by atoms with van der Waals surface area (Å²) in [6.07, 6.45) is -4.49. The Kier molecular flexibility index (Phi) is 5.84. The first-order valence-corrected chi connectivity index (χ1v) is 8.94. The molecule has 1 N–H and O–H groups in total. The molecule has 0 bridgehead atoms. The van der Waals surface area contributed by atoms with Crippen LogP contribution in [0.3, 0.4) is 0 Å². The van der Waals surface area contributed by atoms with E-state index in [1.54, 1.807) is 0 Å². The summed E-state index contributed by atoms with van der Waals surface area (Å²) in [4.78, 5) is 24.6. The van der Waals surface area contributed by atoms with Crippen molar-refractivity contribution >= 4 is 23.2 Å². The van der Waals surface area contributed by atoms with E-state index in [2.05, 4.69) is 5.32 Å². The van der Waals surface area contributed by atoms with Gasteiger partial charge in [-0.1, -0.05) is 18.2 Å². The Morgan fingerprint density at radius 2 is 1.93 bits per heavy atom. The van der Waals surface area contributed by atoms with E-state index in [-0.39, 0.29) is 17.1 Å². The van der Waals surface area contributed by atoms with E-state index in [9.17, 15) is 22.8 Å². The fraction of sp³-hybridized carbons (Fsp3) is 0.158. The zero-order valence-corrected chi connectivity index (χ0v) is 15.1. The highest BCUT2D eigenvalue weighted by Crippen LogP contribution is 2.32. The lowest BCUT2D eigenvalue weighted by atomic mass is 10.1. The first-order valence-electron chi connectivity index (χ1n) is 8.06. The molecule has 0 radical (unpaired) electrons. The first kappa shape index (κ1) is 19.7. The lowest BCUT2D eigenvalue weighted by molar-refractivity contribution is -0.137. The molecule has 0 fully saturated rings. The monoisotopic (exact) mass is 409 g/mol. The molecular formula is C19H14F3NO4S. The van der Waals surface area contributed by atoms with E-state index in [0.717, 1.165) is 17.0 Å². The highest BCUT2D eigenvalue weighted by atomic mass is 32.1. The van der Waals surface area contributed by atoms with E-state index in [1.165, 1.54) is 35.6 Å². The van der Waals surface area contributed by atoms with Gasteiger partial charge < -0.3 is 14.5 Å². The summed E-state index contributed by atoms with van der Waals surface area (Å²) >= 11 is 1.48. The van der Waals surface area contributed by atoms with Gasteiger partial charge in [-0.2, -0.15) is 13.2 Å². The maximum Gasteiger partial charge on any atom is 0.416 e. The van der Waals surface area contributed by atoms with Gasteiger partial charge in [0.1, 0.15) is 5.76 Å². The molecule has 0 saturated carbocycles. The van der Waals surface area contributed by atoms with Crippen LogP contribution in [0.15, 0.2) is 58.3 Å². The normalized spacial score (nSPS) is 11.2. The summed E-state index contributed by atoms with van der Waals surface area (Å²) in [7, 11) is 0. The molecule has 1 aromatic carbocycles. The number of halogens is 3. The van der Waals surface area contributed by atoms with Crippen LogP contribution in [0.4, 0.5) is 13.2 Å². The summed E-state index contributed by atoms with van der Waals surface area (Å²) in [6, 6.07) is 10.9. The fourth-order valence-electron chi connectivity index (χ4n) is 2.30. The Hall–Kier alpha value is -3.07. The van der Waals surface area contributed by atoms with Crippen LogP contribution in [0, 0.1) is 0 Å². The zero-order chi connectivity index (χ0) is 20.1. The molecule has 146 valence electrons. The van der Waals surface area contributed by atoms with Gasteiger partial charge in [-0.25, -0.2) is 4.79 Å². The number of amides is 1. The first-order chi connectivity index (χ1) is 13.3. The standard InChI is InChI=1S/C19H14F3NO4S/c20-19(21,22)13-4-1-3-12(9-13)15-6-7-16(27-15)18(25)26-11-17(24)23-10-14-5-2-8-28-14/h1-9H,10-11H2,(H,23,24). The number of alkyl halides is 3. The van der Waals surface area contributed by atoms with Gasteiger partial charge in [-0.3, -0.25) is 4.79 Å². The Labute approximate surface area is 161 Å². The van der Waals surface area contributed by atoms with Crippen LogP contribution in [-0.4, -0.2) is 18.5 Å². The predicted octanol–water partition coefficient (Wildman–Crippen LogP) is 4.50. The number of nitrogens with one attached hydrogen (secondary N) is 1. The lowest BCUT2D eigenvalue weighted by Crippen LogP contribution is -2.28. The van der Waals surface area contributed by atoms with Gasteiger partial charge in [-0.05, 0) is 35.7 Å². The Morgan fingerprint density at radius 1 is 1.11 bits per heavy atom. The van der Waals surface area contributed by atoms with Crippen molar-refractivity contribution in [2.24, 2.45) is 0 Å². The van der Waals surface area contributed by atoms with E-state index >= 15 is 0 Å². The van der Waals surface area contributed by atoms with Crippen LogP contribution in [0.25, 0.3) is 11.3 Å². The van der Waals surface area contributed by atoms with E-state index in [4.69, 9.17) is 9.15 Å². The largest absolute Gasteiger partial charge is 0.450 e. The van der Waals surface area contributed by atoms with Gasteiger partial charge in [0.25, 0.3) is 5.91 Å². The number of furan rings is 1. The van der Waals surface area contributed by atoms with Crippen LogP contribution in [0.1, 0.15) is 21.0 Å². The van der Waals surface area contributed by atoms with Gasteiger partial charge in [0.05, 0.1) is 12.1 Å². The van der Waals surface area contributed by atoms with Crippen LogP contribution >= 0.6 is 11.3 Å². The van der Waals surface area contributed by atoms with Gasteiger partial charge in [0.15, 0.2) is 6.61 Å². The minimum Gasteiger partial charge on any atom is -0.450 e. The molecule has 5 nitrogen and oxygen atoms in total. The summed E-state index contributed by atoms with van der Waals surface area (Å²) < 4.78 is 48.6. The fourth-order valence-corrected chi connectivity index (χ4v) is 2.95. The molecule has 9 heteroatoms. The van der Waals surface area contributed by atoms with E-state index < -0.39 is 30.2 Å². The summed E-state index contributed by atoms with van der Waals surface area (Å²) in [5.41, 5.74) is -0.657. The van der Waals surface area contributed by atoms with Gasteiger partial charge in [-0.15, -0.1) is 11.3 Å². The Bertz CT molecular complexity index is 964. The van der Waals surface area contributed by atoms with Crippen molar-refractivity contribution in [2.45, 2.75) is 12.7 Å². The number of benzene rings is 1. The molecule has 3 aromatic rings. The summed E-state index contributed by atoms with van der Waals surface area (Å²) in [6.45, 7) is -0.168. The Balaban J connectivity index is 1.57. The molecule has 2 heterocycles. The number of esters is 1. The quantitative estimate of drug-likeness (QED) is 0.609. The third-order valence-corrected chi connectivity index (χ3v) is 4.53. The summed E-state index contributed by atoms with van der Waals surface area (Å²) in [5, 5.41) is 4.48. The van der Waals surface area contributed by atoms with Crippen molar-refractivity contribution in [1.29, 1.82) is 0 Å². The number of rotatable bonds is 6. The molecule has 2 aromatic heterocycles. The lowest BCUT2D eigenvalue weighted by Gasteiger charge is -2.07. The minimum absolute atomic E-state index is 0.0835. The molecule has 0 spiro atoms. The van der Waals surface area contributed by atoms with Crippen LogP contribution in [-0.2, 0) is 22.3 Å². The number of carbonyl (C=O) groups excluding carboxylic acids is 2. The van der Waals surface area contributed by atoms with Crippen molar-refractivity contribution in [1.82, 2.24) is 5.32 Å². The molecule has 0 saturated heterocycles. The average molecular weight is 409 g/mol. The number of hydrogen-bond acceptors (Lipinski definition) is 5. The SMILES string of the molecule is O=C(COC(=O)c1ccc(-c2cccc(C(F)(F)F)c2)o1)NCc1cccs1. The molecule has 3 rings (SSSR count). The molecule has 0 atom stereocenters. The van der Waals surface area contributed by atoms with E-state index in [0.29, 0.717) is 6.54 Å². The third kappa shape index (κ3) is 5.01. The minimum atomic E-state index is -4.49. The average Bonchev–Trinajstić information content (AvgIpc) is 3.35. The van der Waals surface area contributed by atoms with Crippen molar-refractivity contribution in [3.8, 4) is 11.3 Å². The second-order valence-electron chi connectivity index (χ2n) is 5.67. The van der Waals surface area contributed by atoms with Gasteiger partial charge in [0.2, 0.25) is 5.76 Å². The van der Waals surface area contributed by atoms with Crippen molar-refractivity contribution in [2.75, 3.05) is 6.61 Å². The van der Waals surface area contributed by atoms with Crippen molar-refractivity contribution in [3.63, 3.8) is 0 Å². The predicted molar refractivity (Wildman–Crippen MR) is 95.6 cm³/mol. The van der Waals surface area contributed by atoms with Crippen molar-refractivity contribution < 1.29 is 31.9 Å². The Morgan fingerprint density at radius 3 is 2.64 bits per heavy atom. The second-order valence-corrected chi connectivity index (χ2v) is 6.71. The number of ether oxygens (including phenoxy) is 1. The van der Waals surface area contributed by atoms with Crippen LogP contribution in [0.5, 0.6) is 0 Å². The maximum absolute atomic E-state index is 12.8. The molecule has 0 unspecified atom stereocenters. The number of carbonyl (C=O) groups is 2. The summed E-state index contributed by atoms with van der Waals surface area (Å²) in [5.74, 6) is -1.49. The second kappa shape index (κ2) is 8.30. The van der Waals surface area contributed by atoms with E-state index in [1.807, 2.05) is 17.5 Å². The van der Waals surface area contributed by atoms with Crippen LogP contribution < -0.4 is 5.32 Å². The molecule has 0 aliphatic rings. The topological polar surface area (TPSA) is 68.5 Å². The van der Waals surface area contributed by atoms with Crippen molar-refractivity contribution in [3.05, 3.63) is 70.1 Å². The molecular weight excluding hydrogens is 395 g/mol. The van der Waals surface area contributed by atoms with Crippen LogP contribution in [0.2, 0.25) is 0 Å². The maximum atomic E-state index is 12.8. The van der Waals surface area contributed by atoms with Gasteiger partial charge >= 0.3 is 12.1 Å². The highest BCUT2D eigenvalue weighted by Gasteiger charge is 2.30. The molecule has 1 amide bonds. The highest BCUT2D eigenvalue weighted by molar-refractivity contribution is 7.09. The molecule has 0 aliphatic carbocycles.